The lowest BCUT2D eigenvalue weighted by molar-refractivity contribution is -0.384. The number of halogens is 6. The summed E-state index contributed by atoms with van der Waals surface area (Å²) in [5, 5.41) is 10.4. The van der Waals surface area contributed by atoms with Crippen LogP contribution in [0.1, 0.15) is 0 Å². The van der Waals surface area contributed by atoms with Crippen LogP contribution in [-0.4, -0.2) is 30.8 Å². The first-order valence-corrected chi connectivity index (χ1v) is 9.63. The Morgan fingerprint density at radius 1 is 0.889 bits per heavy atom. The highest BCUT2D eigenvalue weighted by atomic mass is 35.5. The van der Waals surface area contributed by atoms with Crippen molar-refractivity contribution in [3.05, 3.63) is 44.4 Å². The van der Waals surface area contributed by atoms with Crippen molar-refractivity contribution < 1.29 is 14.5 Å². The number of hydrogen-bond acceptors (Lipinski definition) is 4. The van der Waals surface area contributed by atoms with Gasteiger partial charge in [0.1, 0.15) is 9.75 Å². The first kappa shape index (κ1) is 19.6. The maximum Gasteiger partial charge on any atom is 0.269 e. The second-order valence-electron chi connectivity index (χ2n) is 6.37. The van der Waals surface area contributed by atoms with Gasteiger partial charge < -0.3 is 0 Å². The molecule has 27 heavy (non-hydrogen) atoms. The van der Waals surface area contributed by atoms with Gasteiger partial charge >= 0.3 is 0 Å². The Hall–Kier alpha value is -0.760. The van der Waals surface area contributed by atoms with Crippen LogP contribution in [0.5, 0.6) is 0 Å². The summed E-state index contributed by atoms with van der Waals surface area (Å²) in [6, 6.07) is 4.86. The van der Waals surface area contributed by atoms with Gasteiger partial charge in [0.2, 0.25) is 11.8 Å². The fourth-order valence-corrected chi connectivity index (χ4v) is 6.90. The van der Waals surface area contributed by atoms with E-state index in [1.807, 2.05) is 0 Å². The second-order valence-corrected chi connectivity index (χ2v) is 9.64. The normalized spacial score (nSPS) is 36.6. The van der Waals surface area contributed by atoms with Crippen molar-refractivity contribution in [1.29, 1.82) is 0 Å². The molecule has 6 nitrogen and oxygen atoms in total. The number of hydrogen-bond donors (Lipinski definition) is 0. The first-order chi connectivity index (χ1) is 12.4. The number of anilines is 1. The van der Waals surface area contributed by atoms with Crippen molar-refractivity contribution in [2.45, 2.75) is 14.1 Å². The molecule has 4 rings (SSSR count). The van der Waals surface area contributed by atoms with Crippen LogP contribution in [0.2, 0.25) is 0 Å². The lowest BCUT2D eigenvalue weighted by Gasteiger charge is -2.34. The van der Waals surface area contributed by atoms with E-state index >= 15 is 0 Å². The molecule has 1 aromatic rings. The lowest BCUT2D eigenvalue weighted by atomic mass is 9.84. The van der Waals surface area contributed by atoms with Crippen LogP contribution in [-0.2, 0) is 9.59 Å². The van der Waals surface area contributed by atoms with Crippen LogP contribution in [0.25, 0.3) is 0 Å². The number of nitro groups is 1. The number of benzene rings is 1. The van der Waals surface area contributed by atoms with E-state index in [2.05, 4.69) is 0 Å². The van der Waals surface area contributed by atoms with E-state index in [9.17, 15) is 19.7 Å². The van der Waals surface area contributed by atoms with Crippen LogP contribution in [0.4, 0.5) is 11.4 Å². The first-order valence-electron chi connectivity index (χ1n) is 7.36. The van der Waals surface area contributed by atoms with Gasteiger partial charge in [-0.3, -0.25) is 19.7 Å². The zero-order chi connectivity index (χ0) is 20.1. The van der Waals surface area contributed by atoms with Gasteiger partial charge in [0.15, 0.2) is 4.33 Å². The minimum absolute atomic E-state index is 0.118. The number of rotatable bonds is 2. The number of amides is 2. The van der Waals surface area contributed by atoms with Crippen LogP contribution < -0.4 is 4.90 Å². The minimum Gasteiger partial charge on any atom is -0.274 e. The summed E-state index contributed by atoms with van der Waals surface area (Å²) in [5.74, 6) is -3.93. The fourth-order valence-electron chi connectivity index (χ4n) is 3.97. The Kier molecular flexibility index (Phi) is 4.09. The van der Waals surface area contributed by atoms with E-state index in [-0.39, 0.29) is 21.4 Å². The van der Waals surface area contributed by atoms with Crippen molar-refractivity contribution in [2.75, 3.05) is 4.90 Å². The van der Waals surface area contributed by atoms with Gasteiger partial charge in [0.25, 0.3) is 5.69 Å². The van der Waals surface area contributed by atoms with Crippen LogP contribution in [0, 0.1) is 22.0 Å². The molecule has 1 heterocycles. The van der Waals surface area contributed by atoms with Crippen molar-refractivity contribution in [3.8, 4) is 0 Å². The molecular formula is C15H6Cl6N2O4. The summed E-state index contributed by atoms with van der Waals surface area (Å²) in [4.78, 5) is 33.4. The van der Waals surface area contributed by atoms with Crippen LogP contribution in [0.15, 0.2) is 34.3 Å². The molecule has 2 fully saturated rings. The molecule has 142 valence electrons. The Balaban J connectivity index is 1.84. The molecular weight excluding hydrogens is 485 g/mol. The molecule has 1 saturated heterocycles. The summed E-state index contributed by atoms with van der Waals surface area (Å²) in [5.41, 5.74) is -0.0825. The molecule has 2 bridgehead atoms. The third-order valence-corrected chi connectivity index (χ3v) is 9.49. The summed E-state index contributed by atoms with van der Waals surface area (Å²) in [6.07, 6.45) is 0. The number of fused-ring (bicyclic) bond motifs is 5. The monoisotopic (exact) mass is 488 g/mol. The van der Waals surface area contributed by atoms with E-state index in [1.165, 1.54) is 12.1 Å². The molecule has 0 spiro atoms. The van der Waals surface area contributed by atoms with Gasteiger partial charge in [-0.15, -0.1) is 23.2 Å². The molecule has 1 aromatic carbocycles. The third kappa shape index (κ3) is 1.97. The average Bonchev–Trinajstić information content (AvgIpc) is 2.99. The third-order valence-electron chi connectivity index (χ3n) is 5.23. The standard InChI is InChI=1S/C15H6Cl6N2O4/c16-9-10(17)14(19)8-7(13(9,18)15(14,20)21)11(24)22(12(8)25)5-1-3-6(4-2-5)23(26)27/h1-4,7-8H/t7-,8+,13-,14-/m1/s1. The number of imide groups is 1. The highest BCUT2D eigenvalue weighted by Crippen LogP contribution is 2.77. The van der Waals surface area contributed by atoms with E-state index in [1.54, 1.807) is 0 Å². The summed E-state index contributed by atoms with van der Waals surface area (Å²) >= 11 is 38.4. The predicted molar refractivity (Wildman–Crippen MR) is 103 cm³/mol. The van der Waals surface area contributed by atoms with Gasteiger partial charge in [-0.05, 0) is 12.1 Å². The van der Waals surface area contributed by atoms with Crippen molar-refractivity contribution in [3.63, 3.8) is 0 Å². The predicted octanol–water partition coefficient (Wildman–Crippen LogP) is 4.55. The van der Waals surface area contributed by atoms with Crippen molar-refractivity contribution in [1.82, 2.24) is 0 Å². The fraction of sp³-hybridized carbons (Fsp3) is 0.333. The van der Waals surface area contributed by atoms with Crippen molar-refractivity contribution >= 4 is 92.8 Å². The maximum absolute atomic E-state index is 13.1. The molecule has 0 radical (unpaired) electrons. The molecule has 1 aliphatic heterocycles. The largest absolute Gasteiger partial charge is 0.274 e. The molecule has 1 saturated carbocycles. The van der Waals surface area contributed by atoms with Gasteiger partial charge in [-0.25, -0.2) is 4.90 Å². The van der Waals surface area contributed by atoms with E-state index in [0.717, 1.165) is 17.0 Å². The topological polar surface area (TPSA) is 80.5 Å². The molecule has 4 atom stereocenters. The highest BCUT2D eigenvalue weighted by molar-refractivity contribution is 6.67. The van der Waals surface area contributed by atoms with Gasteiger partial charge in [0, 0.05) is 12.1 Å². The zero-order valence-corrected chi connectivity index (χ0v) is 17.3. The molecule has 0 N–H and O–H groups in total. The summed E-state index contributed by atoms with van der Waals surface area (Å²) in [7, 11) is 0. The summed E-state index contributed by atoms with van der Waals surface area (Å²) < 4.78 is -2.00. The maximum atomic E-state index is 13.1. The minimum atomic E-state index is -2.00. The number of alkyl halides is 4. The number of non-ortho nitro benzene ring substituents is 1. The van der Waals surface area contributed by atoms with Crippen LogP contribution in [0.3, 0.4) is 0 Å². The molecule has 0 unspecified atom stereocenters. The van der Waals surface area contributed by atoms with Gasteiger partial charge in [0.05, 0.1) is 32.5 Å². The van der Waals surface area contributed by atoms with Gasteiger partial charge in [-0.1, -0.05) is 46.4 Å². The molecule has 2 aliphatic carbocycles. The smallest absolute Gasteiger partial charge is 0.269 e. The quantitative estimate of drug-likeness (QED) is 0.264. The number of carbonyl (C=O) groups excluding carboxylic acids is 2. The highest BCUT2D eigenvalue weighted by Gasteiger charge is 2.87. The van der Waals surface area contributed by atoms with E-state index in [0.29, 0.717) is 0 Å². The molecule has 2 amide bonds. The van der Waals surface area contributed by atoms with Gasteiger partial charge in [-0.2, -0.15) is 0 Å². The van der Waals surface area contributed by atoms with Crippen molar-refractivity contribution in [2.24, 2.45) is 11.8 Å². The number of nitro benzene ring substituents is 1. The molecule has 12 heteroatoms. The number of carbonyl (C=O) groups is 2. The lowest BCUT2D eigenvalue weighted by Crippen LogP contribution is -2.50. The summed E-state index contributed by atoms with van der Waals surface area (Å²) in [6.45, 7) is 0. The van der Waals surface area contributed by atoms with Crippen LogP contribution >= 0.6 is 69.6 Å². The average molecular weight is 491 g/mol. The zero-order valence-electron chi connectivity index (χ0n) is 12.8. The van der Waals surface area contributed by atoms with E-state index < -0.39 is 42.7 Å². The Morgan fingerprint density at radius 2 is 1.30 bits per heavy atom. The Morgan fingerprint density at radius 3 is 1.67 bits per heavy atom. The van der Waals surface area contributed by atoms with E-state index in [4.69, 9.17) is 69.6 Å². The number of allylic oxidation sites excluding steroid dienone is 2. The molecule has 3 aliphatic rings. The Labute approximate surface area is 182 Å². The SMILES string of the molecule is O=C1[C@@H]2[C@H](C(=O)N1c1ccc([N+](=O)[O-])cc1)[C@@]1(Cl)C(Cl)=C(Cl)[C@@]2(Cl)C1(Cl)Cl. The Bertz CT molecular complexity index is 918. The second kappa shape index (κ2) is 5.65. The molecule has 0 aromatic heterocycles. The number of nitrogens with zero attached hydrogens (tertiary/aromatic N) is 2.